The summed E-state index contributed by atoms with van der Waals surface area (Å²) in [5.74, 6) is -0.132. The average molecular weight is 192 g/mol. The third-order valence-electron chi connectivity index (χ3n) is 1.95. The van der Waals surface area contributed by atoms with Crippen molar-refractivity contribution < 1.29 is 18.3 Å². The number of methoxy groups -OCH3 is 1. The predicted octanol–water partition coefficient (Wildman–Crippen LogP) is 0.550. The number of hydrogen-bond donors (Lipinski definition) is 1. The molecule has 4 nitrogen and oxygen atoms in total. The van der Waals surface area contributed by atoms with Crippen LogP contribution >= 0.6 is 0 Å². The van der Waals surface area contributed by atoms with Gasteiger partial charge in [-0.05, 0) is 12.3 Å². The molecule has 1 aliphatic carbocycles. The predicted molar refractivity (Wildman–Crippen MR) is 43.9 cm³/mol. The lowest BCUT2D eigenvalue weighted by Crippen LogP contribution is -2.27. The van der Waals surface area contributed by atoms with Crippen molar-refractivity contribution in [3.63, 3.8) is 0 Å². The van der Waals surface area contributed by atoms with Crippen LogP contribution in [-0.4, -0.2) is 27.1 Å². The lowest BCUT2D eigenvalue weighted by Gasteiger charge is -2.08. The summed E-state index contributed by atoms with van der Waals surface area (Å²) in [7, 11) is 1.23. The van der Waals surface area contributed by atoms with Crippen LogP contribution in [0.25, 0.3) is 0 Å². The lowest BCUT2D eigenvalue weighted by molar-refractivity contribution is -0.140. The van der Waals surface area contributed by atoms with E-state index in [1.165, 1.54) is 7.11 Å². The van der Waals surface area contributed by atoms with Crippen LogP contribution < -0.4 is 0 Å². The number of rotatable bonds is 4. The number of ether oxygens (including phenoxy) is 1. The van der Waals surface area contributed by atoms with Crippen LogP contribution in [0.4, 0.5) is 0 Å². The summed E-state index contributed by atoms with van der Waals surface area (Å²) in [6.45, 7) is 0. The molecule has 2 atom stereocenters. The molecule has 0 aromatic heterocycles. The summed E-state index contributed by atoms with van der Waals surface area (Å²) in [6.07, 6.45) is 2.60. The zero-order chi connectivity index (χ0) is 9.14. The van der Waals surface area contributed by atoms with Gasteiger partial charge in [0.25, 0.3) is 0 Å². The molecule has 0 amide bonds. The van der Waals surface area contributed by atoms with Crippen molar-refractivity contribution in [1.29, 1.82) is 0 Å². The van der Waals surface area contributed by atoms with Gasteiger partial charge in [0.05, 0.1) is 7.11 Å². The maximum atomic E-state index is 10.9. The van der Waals surface area contributed by atoms with Crippen molar-refractivity contribution in [2.24, 2.45) is 5.92 Å². The minimum Gasteiger partial charge on any atom is -0.468 e. The third kappa shape index (κ3) is 2.57. The Kier molecular flexibility index (Phi) is 3.22. The summed E-state index contributed by atoms with van der Waals surface area (Å²) in [5, 5.41) is -0.845. The molecule has 0 heterocycles. The summed E-state index contributed by atoms with van der Waals surface area (Å²) in [6, 6.07) is 0. The molecule has 0 aromatic carbocycles. The largest absolute Gasteiger partial charge is 0.468 e. The van der Waals surface area contributed by atoms with Crippen molar-refractivity contribution >= 4 is 17.0 Å². The maximum absolute atomic E-state index is 10.9. The molecule has 5 heteroatoms. The fourth-order valence-electron chi connectivity index (χ4n) is 1.05. The summed E-state index contributed by atoms with van der Waals surface area (Å²) in [5.41, 5.74) is 0. The third-order valence-corrected chi connectivity index (χ3v) is 2.82. The zero-order valence-electron chi connectivity index (χ0n) is 6.86. The number of esters is 1. The molecular weight excluding hydrogens is 180 g/mol. The molecule has 0 saturated heterocycles. The van der Waals surface area contributed by atoms with Gasteiger partial charge in [-0.1, -0.05) is 12.8 Å². The molecule has 1 N–H and O–H groups in total. The molecule has 12 heavy (non-hydrogen) atoms. The first-order valence-corrected chi connectivity index (χ1v) is 4.99. The molecule has 0 aliphatic heterocycles. The van der Waals surface area contributed by atoms with Gasteiger partial charge in [0.2, 0.25) is 0 Å². The quantitative estimate of drug-likeness (QED) is 0.522. The number of carbonyl (C=O) groups excluding carboxylic acids is 1. The van der Waals surface area contributed by atoms with Crippen molar-refractivity contribution in [1.82, 2.24) is 0 Å². The highest BCUT2D eigenvalue weighted by Crippen LogP contribution is 2.34. The SMILES string of the molecule is COC(=O)C(CC1CC1)S(=O)O. The van der Waals surface area contributed by atoms with Crippen molar-refractivity contribution in [2.75, 3.05) is 7.11 Å². The van der Waals surface area contributed by atoms with Crippen LogP contribution in [-0.2, 0) is 20.6 Å². The van der Waals surface area contributed by atoms with E-state index in [1.807, 2.05) is 0 Å². The van der Waals surface area contributed by atoms with Crippen LogP contribution in [0.1, 0.15) is 19.3 Å². The second-order valence-electron chi connectivity index (χ2n) is 2.97. The summed E-state index contributed by atoms with van der Waals surface area (Å²) in [4.78, 5) is 10.9. The van der Waals surface area contributed by atoms with E-state index in [1.54, 1.807) is 0 Å². The topological polar surface area (TPSA) is 63.6 Å². The van der Waals surface area contributed by atoms with Crippen LogP contribution in [0.5, 0.6) is 0 Å². The standard InChI is InChI=1S/C7H12O4S/c1-11-7(8)6(12(9)10)4-5-2-3-5/h5-6H,2-4H2,1H3,(H,9,10). The molecule has 1 fully saturated rings. The Bertz CT molecular complexity index is 200. The minimum atomic E-state index is -2.09. The first-order valence-electron chi connectivity index (χ1n) is 3.82. The van der Waals surface area contributed by atoms with Gasteiger partial charge in [-0.25, -0.2) is 4.21 Å². The Morgan fingerprint density at radius 2 is 2.33 bits per heavy atom. The maximum Gasteiger partial charge on any atom is 0.323 e. The molecule has 1 aliphatic rings. The Hall–Kier alpha value is -0.420. The van der Waals surface area contributed by atoms with Crippen LogP contribution in [0.2, 0.25) is 0 Å². The first-order chi connectivity index (χ1) is 5.65. The van der Waals surface area contributed by atoms with Gasteiger partial charge >= 0.3 is 5.97 Å². The molecule has 0 spiro atoms. The normalized spacial score (nSPS) is 21.5. The molecule has 0 aromatic rings. The lowest BCUT2D eigenvalue weighted by atomic mass is 10.2. The van der Waals surface area contributed by atoms with Gasteiger partial charge in [0.1, 0.15) is 0 Å². The van der Waals surface area contributed by atoms with E-state index in [4.69, 9.17) is 4.55 Å². The summed E-state index contributed by atoms with van der Waals surface area (Å²) >= 11 is -2.09. The second-order valence-corrected chi connectivity index (χ2v) is 4.09. The fraction of sp³-hybridized carbons (Fsp3) is 0.857. The van der Waals surface area contributed by atoms with Crippen molar-refractivity contribution in [2.45, 2.75) is 24.5 Å². The Labute approximate surface area is 73.6 Å². The van der Waals surface area contributed by atoms with Crippen molar-refractivity contribution in [3.8, 4) is 0 Å². The molecule has 70 valence electrons. The second kappa shape index (κ2) is 4.00. The van der Waals surface area contributed by atoms with E-state index >= 15 is 0 Å². The Balaban J connectivity index is 2.46. The van der Waals surface area contributed by atoms with Gasteiger partial charge in [0, 0.05) is 0 Å². The highest BCUT2D eigenvalue weighted by Gasteiger charge is 2.33. The van der Waals surface area contributed by atoms with Gasteiger partial charge < -0.3 is 9.29 Å². The van der Waals surface area contributed by atoms with Crippen LogP contribution in [0.15, 0.2) is 0 Å². The highest BCUT2D eigenvalue weighted by molar-refractivity contribution is 7.80. The average Bonchev–Trinajstić information content (AvgIpc) is 2.81. The van der Waals surface area contributed by atoms with Gasteiger partial charge in [-0.2, -0.15) is 0 Å². The van der Waals surface area contributed by atoms with Crippen LogP contribution in [0.3, 0.4) is 0 Å². The van der Waals surface area contributed by atoms with Crippen LogP contribution in [0, 0.1) is 5.92 Å². The first kappa shape index (κ1) is 9.67. The van der Waals surface area contributed by atoms with E-state index < -0.39 is 22.3 Å². The molecule has 0 bridgehead atoms. The van der Waals surface area contributed by atoms with E-state index in [2.05, 4.69) is 4.74 Å². The Morgan fingerprint density at radius 3 is 2.67 bits per heavy atom. The smallest absolute Gasteiger partial charge is 0.323 e. The molecule has 2 unspecified atom stereocenters. The molecule has 0 radical (unpaired) electrons. The van der Waals surface area contributed by atoms with Gasteiger partial charge in [-0.15, -0.1) is 0 Å². The minimum absolute atomic E-state index is 0.449. The van der Waals surface area contributed by atoms with Crippen molar-refractivity contribution in [3.05, 3.63) is 0 Å². The van der Waals surface area contributed by atoms with Gasteiger partial charge in [-0.3, -0.25) is 4.79 Å². The number of hydrogen-bond acceptors (Lipinski definition) is 3. The monoisotopic (exact) mass is 192 g/mol. The summed E-state index contributed by atoms with van der Waals surface area (Å²) < 4.78 is 23.8. The zero-order valence-corrected chi connectivity index (χ0v) is 7.67. The fourth-order valence-corrected chi connectivity index (χ4v) is 1.75. The van der Waals surface area contributed by atoms with E-state index in [9.17, 15) is 9.00 Å². The van der Waals surface area contributed by atoms with E-state index in [-0.39, 0.29) is 0 Å². The van der Waals surface area contributed by atoms with E-state index in [0.717, 1.165) is 12.8 Å². The molecule has 1 saturated carbocycles. The molecule has 1 rings (SSSR count). The number of carbonyl (C=O) groups is 1. The van der Waals surface area contributed by atoms with Gasteiger partial charge in [0.15, 0.2) is 16.3 Å². The Morgan fingerprint density at radius 1 is 1.75 bits per heavy atom. The molecular formula is C7H12O4S. The van der Waals surface area contributed by atoms with E-state index in [0.29, 0.717) is 12.3 Å². The highest BCUT2D eigenvalue weighted by atomic mass is 32.2.